The maximum Gasteiger partial charge on any atom is 0.149 e. The molecule has 3 heteroatoms. The van der Waals surface area contributed by atoms with Crippen LogP contribution in [-0.4, -0.2) is 7.11 Å². The van der Waals surface area contributed by atoms with Crippen molar-refractivity contribution in [1.82, 2.24) is 0 Å². The molecule has 0 heterocycles. The summed E-state index contributed by atoms with van der Waals surface area (Å²) >= 11 is 6.12. The van der Waals surface area contributed by atoms with Crippen molar-refractivity contribution in [2.45, 2.75) is 77.0 Å². The van der Waals surface area contributed by atoms with Crippen LogP contribution in [0.1, 0.15) is 82.6 Å². The van der Waals surface area contributed by atoms with Crippen molar-refractivity contribution in [2.24, 2.45) is 17.8 Å². The second-order valence-electron chi connectivity index (χ2n) is 8.52. The van der Waals surface area contributed by atoms with E-state index in [9.17, 15) is 4.39 Å². The van der Waals surface area contributed by atoms with Gasteiger partial charge in [0.05, 0.1) is 7.11 Å². The Morgan fingerprint density at radius 2 is 1.67 bits per heavy atom. The molecule has 0 aromatic heterocycles. The third-order valence-electron chi connectivity index (χ3n) is 7.04. The molecule has 0 N–H and O–H groups in total. The van der Waals surface area contributed by atoms with Crippen LogP contribution in [0, 0.1) is 23.6 Å². The zero-order valence-corrected chi connectivity index (χ0v) is 17.6. The van der Waals surface area contributed by atoms with Crippen molar-refractivity contribution in [2.75, 3.05) is 7.11 Å². The fraction of sp³-hybridized carbons (Fsp3) is 0.667. The SMILES string of the molecule is CC=CCCC1CCC(C2CCC(c3ccc(OC)c(Cl)c3F)CC2)CC1. The van der Waals surface area contributed by atoms with Crippen LogP contribution in [-0.2, 0) is 0 Å². The maximum absolute atomic E-state index is 14.6. The lowest BCUT2D eigenvalue weighted by atomic mass is 9.68. The Bertz CT molecular complexity index is 626. The molecule has 0 radical (unpaired) electrons. The molecule has 150 valence electrons. The molecule has 2 fully saturated rings. The summed E-state index contributed by atoms with van der Waals surface area (Å²) in [4.78, 5) is 0. The fourth-order valence-electron chi connectivity index (χ4n) is 5.37. The first kappa shape index (κ1) is 20.7. The second kappa shape index (κ2) is 9.96. The highest BCUT2D eigenvalue weighted by atomic mass is 35.5. The summed E-state index contributed by atoms with van der Waals surface area (Å²) in [6.07, 6.45) is 17.3. The van der Waals surface area contributed by atoms with E-state index in [-0.39, 0.29) is 10.8 Å². The summed E-state index contributed by atoms with van der Waals surface area (Å²) in [5.74, 6) is 3.13. The van der Waals surface area contributed by atoms with Gasteiger partial charge in [0.25, 0.3) is 0 Å². The van der Waals surface area contributed by atoms with Crippen LogP contribution in [0.5, 0.6) is 5.75 Å². The number of hydrogen-bond donors (Lipinski definition) is 0. The predicted molar refractivity (Wildman–Crippen MR) is 112 cm³/mol. The monoisotopic (exact) mass is 392 g/mol. The highest BCUT2D eigenvalue weighted by molar-refractivity contribution is 6.32. The van der Waals surface area contributed by atoms with Crippen molar-refractivity contribution in [1.29, 1.82) is 0 Å². The van der Waals surface area contributed by atoms with Crippen LogP contribution >= 0.6 is 11.6 Å². The topological polar surface area (TPSA) is 9.23 Å². The first-order valence-corrected chi connectivity index (χ1v) is 11.1. The largest absolute Gasteiger partial charge is 0.495 e. The molecule has 2 aliphatic carbocycles. The molecule has 3 rings (SSSR count). The summed E-state index contributed by atoms with van der Waals surface area (Å²) < 4.78 is 19.8. The van der Waals surface area contributed by atoms with Gasteiger partial charge in [0.1, 0.15) is 16.6 Å². The summed E-state index contributed by atoms with van der Waals surface area (Å²) in [5.41, 5.74) is 0.784. The molecule has 27 heavy (non-hydrogen) atoms. The van der Waals surface area contributed by atoms with Gasteiger partial charge >= 0.3 is 0 Å². The average Bonchev–Trinajstić information content (AvgIpc) is 2.71. The van der Waals surface area contributed by atoms with Crippen molar-refractivity contribution in [3.8, 4) is 5.75 Å². The van der Waals surface area contributed by atoms with Gasteiger partial charge < -0.3 is 4.74 Å². The van der Waals surface area contributed by atoms with Gasteiger partial charge in [-0.1, -0.05) is 42.7 Å². The van der Waals surface area contributed by atoms with Gasteiger partial charge in [0.15, 0.2) is 0 Å². The summed E-state index contributed by atoms with van der Waals surface area (Å²) in [6, 6.07) is 3.68. The zero-order chi connectivity index (χ0) is 19.2. The number of rotatable bonds is 6. The van der Waals surface area contributed by atoms with Crippen LogP contribution in [0.4, 0.5) is 4.39 Å². The summed E-state index contributed by atoms with van der Waals surface area (Å²) in [5, 5.41) is 0.133. The quantitative estimate of drug-likeness (QED) is 0.446. The molecule has 0 saturated heterocycles. The smallest absolute Gasteiger partial charge is 0.149 e. The lowest BCUT2D eigenvalue weighted by molar-refractivity contribution is 0.156. The van der Waals surface area contributed by atoms with E-state index in [1.54, 1.807) is 0 Å². The predicted octanol–water partition coefficient (Wildman–Crippen LogP) is 7.92. The van der Waals surface area contributed by atoms with Crippen LogP contribution in [0.3, 0.4) is 0 Å². The van der Waals surface area contributed by atoms with Crippen molar-refractivity contribution < 1.29 is 9.13 Å². The van der Waals surface area contributed by atoms with Crippen LogP contribution in [0.2, 0.25) is 5.02 Å². The number of hydrogen-bond acceptors (Lipinski definition) is 1. The number of ether oxygens (including phenoxy) is 1. The lowest BCUT2D eigenvalue weighted by Gasteiger charge is -2.38. The van der Waals surface area contributed by atoms with E-state index in [4.69, 9.17) is 16.3 Å². The number of allylic oxidation sites excluding steroid dienone is 2. The molecule has 2 aliphatic rings. The number of methoxy groups -OCH3 is 1. The Balaban J connectivity index is 1.49. The molecular weight excluding hydrogens is 359 g/mol. The van der Waals surface area contributed by atoms with E-state index >= 15 is 0 Å². The van der Waals surface area contributed by atoms with Gasteiger partial charge in [-0.2, -0.15) is 0 Å². The van der Waals surface area contributed by atoms with Crippen LogP contribution < -0.4 is 4.74 Å². The molecule has 1 aromatic carbocycles. The van der Waals surface area contributed by atoms with Gasteiger partial charge in [-0.15, -0.1) is 0 Å². The molecule has 0 atom stereocenters. The Labute approximate surface area is 169 Å². The second-order valence-corrected chi connectivity index (χ2v) is 8.90. The fourth-order valence-corrected chi connectivity index (χ4v) is 5.62. The van der Waals surface area contributed by atoms with Gasteiger partial charge in [-0.3, -0.25) is 0 Å². The molecule has 2 saturated carbocycles. The third-order valence-corrected chi connectivity index (χ3v) is 7.40. The molecule has 0 aliphatic heterocycles. The van der Waals surface area contributed by atoms with E-state index in [1.807, 2.05) is 12.1 Å². The average molecular weight is 393 g/mol. The van der Waals surface area contributed by atoms with E-state index in [0.29, 0.717) is 11.7 Å². The minimum Gasteiger partial charge on any atom is -0.495 e. The Morgan fingerprint density at radius 1 is 1.04 bits per heavy atom. The maximum atomic E-state index is 14.6. The normalized spacial score (nSPS) is 29.2. The van der Waals surface area contributed by atoms with E-state index in [1.165, 1.54) is 58.5 Å². The van der Waals surface area contributed by atoms with Crippen LogP contribution in [0.25, 0.3) is 0 Å². The Hall–Kier alpha value is -1.02. The number of benzene rings is 1. The Kier molecular flexibility index (Phi) is 7.64. The molecule has 0 spiro atoms. The van der Waals surface area contributed by atoms with Gasteiger partial charge in [0, 0.05) is 0 Å². The van der Waals surface area contributed by atoms with E-state index in [2.05, 4.69) is 19.1 Å². The van der Waals surface area contributed by atoms with Crippen molar-refractivity contribution >= 4 is 11.6 Å². The van der Waals surface area contributed by atoms with Gasteiger partial charge in [-0.25, -0.2) is 4.39 Å². The first-order valence-electron chi connectivity index (χ1n) is 10.8. The van der Waals surface area contributed by atoms with Gasteiger partial charge in [0.2, 0.25) is 0 Å². The number of halogens is 2. The lowest BCUT2D eigenvalue weighted by Crippen LogP contribution is -2.25. The summed E-state index contributed by atoms with van der Waals surface area (Å²) in [6.45, 7) is 2.11. The van der Waals surface area contributed by atoms with E-state index in [0.717, 1.165) is 36.2 Å². The molecular formula is C24H34ClFO. The highest BCUT2D eigenvalue weighted by Crippen LogP contribution is 2.45. The summed E-state index contributed by atoms with van der Waals surface area (Å²) in [7, 11) is 1.53. The first-order chi connectivity index (χ1) is 13.1. The molecule has 0 unspecified atom stereocenters. The molecule has 0 bridgehead atoms. The Morgan fingerprint density at radius 3 is 2.26 bits per heavy atom. The molecule has 0 amide bonds. The van der Waals surface area contributed by atoms with Crippen molar-refractivity contribution in [3.63, 3.8) is 0 Å². The molecule has 1 aromatic rings. The third kappa shape index (κ3) is 5.08. The minimum absolute atomic E-state index is 0.133. The van der Waals surface area contributed by atoms with Crippen molar-refractivity contribution in [3.05, 3.63) is 40.7 Å². The minimum atomic E-state index is -0.277. The van der Waals surface area contributed by atoms with Gasteiger partial charge in [-0.05, 0) is 93.6 Å². The molecule has 1 nitrogen and oxygen atoms in total. The van der Waals surface area contributed by atoms with E-state index < -0.39 is 0 Å². The zero-order valence-electron chi connectivity index (χ0n) is 16.9. The standard InChI is InChI=1S/C24H34ClFO/c1-3-4-5-6-17-7-9-18(10-8-17)19-11-13-20(14-12-19)21-15-16-22(27-2)23(25)24(21)26/h3-4,15-20H,5-14H2,1-2H3. The van der Waals surface area contributed by atoms with Crippen LogP contribution in [0.15, 0.2) is 24.3 Å². The highest BCUT2D eigenvalue weighted by Gasteiger charge is 2.32.